The Hall–Kier alpha value is -1.55. The fourth-order valence-corrected chi connectivity index (χ4v) is 2.14. The lowest BCUT2D eigenvalue weighted by Crippen LogP contribution is -2.35. The van der Waals surface area contributed by atoms with Gasteiger partial charge in [-0.05, 0) is 31.9 Å². The lowest BCUT2D eigenvalue weighted by atomic mass is 10.1. The smallest absolute Gasteiger partial charge is 0.340 e. The van der Waals surface area contributed by atoms with Crippen LogP contribution >= 0.6 is 0 Å². The van der Waals surface area contributed by atoms with Crippen LogP contribution in [0.2, 0.25) is 0 Å². The van der Waals surface area contributed by atoms with Crippen LogP contribution in [0.4, 0.5) is 5.69 Å². The third kappa shape index (κ3) is 3.23. The molecule has 1 aromatic carbocycles. The number of piperidine rings is 1. The molecule has 0 spiro atoms. The van der Waals surface area contributed by atoms with Gasteiger partial charge in [0.2, 0.25) is 0 Å². The molecule has 0 amide bonds. The summed E-state index contributed by atoms with van der Waals surface area (Å²) in [5, 5.41) is 2.17. The summed E-state index contributed by atoms with van der Waals surface area (Å²) in [6.45, 7) is 4.27. The van der Waals surface area contributed by atoms with Gasteiger partial charge in [-0.1, -0.05) is 18.6 Å². The van der Waals surface area contributed by atoms with Crippen molar-refractivity contribution in [2.75, 3.05) is 25.1 Å². The van der Waals surface area contributed by atoms with Gasteiger partial charge in [-0.15, -0.1) is 0 Å². The first-order valence-corrected chi connectivity index (χ1v) is 6.59. The fraction of sp³-hybridized carbons (Fsp3) is 0.500. The molecule has 0 radical (unpaired) electrons. The highest BCUT2D eigenvalue weighted by Crippen LogP contribution is 2.18. The third-order valence-corrected chi connectivity index (χ3v) is 3.06. The fourth-order valence-electron chi connectivity index (χ4n) is 2.14. The molecule has 0 aliphatic carbocycles. The van der Waals surface area contributed by atoms with E-state index in [1.54, 1.807) is 6.07 Å². The minimum absolute atomic E-state index is 0.266. The zero-order chi connectivity index (χ0) is 12.8. The van der Waals surface area contributed by atoms with Crippen LogP contribution in [0, 0.1) is 0 Å². The summed E-state index contributed by atoms with van der Waals surface area (Å²) in [7, 11) is 0. The van der Waals surface area contributed by atoms with E-state index in [1.807, 2.05) is 25.1 Å². The number of para-hydroxylation sites is 1. The highest BCUT2D eigenvalue weighted by atomic mass is 16.5. The summed E-state index contributed by atoms with van der Waals surface area (Å²) in [6.07, 6.45) is 3.70. The van der Waals surface area contributed by atoms with E-state index in [-0.39, 0.29) is 5.97 Å². The van der Waals surface area contributed by atoms with Crippen molar-refractivity contribution in [2.45, 2.75) is 26.2 Å². The number of hydrogen-bond donors (Lipinski definition) is 1. The van der Waals surface area contributed by atoms with E-state index >= 15 is 0 Å². The number of hydrazine groups is 1. The second-order valence-corrected chi connectivity index (χ2v) is 4.43. The van der Waals surface area contributed by atoms with Gasteiger partial charge in [0.05, 0.1) is 17.9 Å². The number of rotatable bonds is 4. The van der Waals surface area contributed by atoms with Crippen LogP contribution in [0.15, 0.2) is 24.3 Å². The van der Waals surface area contributed by atoms with Gasteiger partial charge in [-0.2, -0.15) is 0 Å². The molecule has 1 fully saturated rings. The summed E-state index contributed by atoms with van der Waals surface area (Å²) in [5.74, 6) is -0.266. The van der Waals surface area contributed by atoms with Gasteiger partial charge in [-0.25, -0.2) is 9.80 Å². The Kier molecular flexibility index (Phi) is 4.59. The lowest BCUT2D eigenvalue weighted by Gasteiger charge is -2.28. The minimum atomic E-state index is -0.266. The van der Waals surface area contributed by atoms with Gasteiger partial charge in [-0.3, -0.25) is 0 Å². The maximum absolute atomic E-state index is 11.8. The van der Waals surface area contributed by atoms with Crippen LogP contribution in [0.25, 0.3) is 0 Å². The van der Waals surface area contributed by atoms with E-state index in [9.17, 15) is 4.79 Å². The maximum atomic E-state index is 11.8. The number of benzene rings is 1. The summed E-state index contributed by atoms with van der Waals surface area (Å²) in [6, 6.07) is 7.49. The van der Waals surface area contributed by atoms with E-state index < -0.39 is 0 Å². The Morgan fingerprint density at radius 3 is 2.72 bits per heavy atom. The van der Waals surface area contributed by atoms with Gasteiger partial charge >= 0.3 is 5.97 Å². The van der Waals surface area contributed by atoms with E-state index in [0.717, 1.165) is 18.8 Å². The van der Waals surface area contributed by atoms with E-state index in [4.69, 9.17) is 4.74 Å². The largest absolute Gasteiger partial charge is 0.462 e. The molecule has 18 heavy (non-hydrogen) atoms. The quantitative estimate of drug-likeness (QED) is 0.832. The van der Waals surface area contributed by atoms with Crippen LogP contribution in [0.3, 0.4) is 0 Å². The first-order chi connectivity index (χ1) is 8.81. The molecule has 1 aromatic rings. The molecule has 1 saturated heterocycles. The number of ether oxygens (including phenoxy) is 1. The van der Waals surface area contributed by atoms with Crippen LogP contribution in [-0.4, -0.2) is 30.7 Å². The number of hydrogen-bond acceptors (Lipinski definition) is 4. The van der Waals surface area contributed by atoms with Crippen LogP contribution in [-0.2, 0) is 4.74 Å². The lowest BCUT2D eigenvalue weighted by molar-refractivity contribution is 0.0527. The molecule has 0 atom stereocenters. The van der Waals surface area contributed by atoms with Crippen LogP contribution in [0.1, 0.15) is 36.5 Å². The first kappa shape index (κ1) is 12.9. The Bertz CT molecular complexity index is 401. The SMILES string of the molecule is CCOC(=O)c1ccccc1NN1CCCCC1. The van der Waals surface area contributed by atoms with Crippen LogP contribution < -0.4 is 5.43 Å². The van der Waals surface area contributed by atoms with Crippen molar-refractivity contribution in [3.63, 3.8) is 0 Å². The van der Waals surface area contributed by atoms with Gasteiger partial charge < -0.3 is 10.2 Å². The molecule has 1 aliphatic rings. The van der Waals surface area contributed by atoms with Crippen molar-refractivity contribution in [1.82, 2.24) is 5.01 Å². The average Bonchev–Trinajstić information content (AvgIpc) is 2.41. The Morgan fingerprint density at radius 2 is 2.00 bits per heavy atom. The van der Waals surface area contributed by atoms with Crippen molar-refractivity contribution in [2.24, 2.45) is 0 Å². The number of nitrogens with one attached hydrogen (secondary N) is 1. The molecule has 0 aromatic heterocycles. The summed E-state index contributed by atoms with van der Waals surface area (Å²) >= 11 is 0. The number of carbonyl (C=O) groups excluding carboxylic acids is 1. The molecule has 1 aliphatic heterocycles. The highest BCUT2D eigenvalue weighted by Gasteiger charge is 2.15. The predicted molar refractivity (Wildman–Crippen MR) is 71.4 cm³/mol. The average molecular weight is 248 g/mol. The van der Waals surface area contributed by atoms with Crippen molar-refractivity contribution >= 4 is 11.7 Å². The zero-order valence-corrected chi connectivity index (χ0v) is 10.8. The molecule has 0 saturated carbocycles. The predicted octanol–water partition coefficient (Wildman–Crippen LogP) is 2.68. The number of nitrogens with zero attached hydrogens (tertiary/aromatic N) is 1. The van der Waals surface area contributed by atoms with Gasteiger partial charge in [0, 0.05) is 13.1 Å². The molecule has 4 heteroatoms. The van der Waals surface area contributed by atoms with E-state index in [2.05, 4.69) is 10.4 Å². The standard InChI is InChI=1S/C14H20N2O2/c1-2-18-14(17)12-8-4-5-9-13(12)15-16-10-6-3-7-11-16/h4-5,8-9,15H,2-3,6-7,10-11H2,1H3. The molecular formula is C14H20N2O2. The Morgan fingerprint density at radius 1 is 1.28 bits per heavy atom. The Labute approximate surface area is 108 Å². The molecule has 2 rings (SSSR count). The summed E-state index contributed by atoms with van der Waals surface area (Å²) < 4.78 is 5.06. The highest BCUT2D eigenvalue weighted by molar-refractivity contribution is 5.95. The second kappa shape index (κ2) is 6.40. The molecule has 0 unspecified atom stereocenters. The van der Waals surface area contributed by atoms with E-state index in [1.165, 1.54) is 19.3 Å². The number of carbonyl (C=O) groups is 1. The van der Waals surface area contributed by atoms with Crippen molar-refractivity contribution in [3.05, 3.63) is 29.8 Å². The molecule has 4 nitrogen and oxygen atoms in total. The summed E-state index contributed by atoms with van der Waals surface area (Å²) in [5.41, 5.74) is 4.75. The van der Waals surface area contributed by atoms with Gasteiger partial charge in [0.25, 0.3) is 0 Å². The second-order valence-electron chi connectivity index (χ2n) is 4.43. The van der Waals surface area contributed by atoms with Gasteiger partial charge in [0.15, 0.2) is 0 Å². The number of esters is 1. The molecule has 0 bridgehead atoms. The van der Waals surface area contributed by atoms with Crippen molar-refractivity contribution in [3.8, 4) is 0 Å². The van der Waals surface area contributed by atoms with Crippen molar-refractivity contribution in [1.29, 1.82) is 0 Å². The minimum Gasteiger partial charge on any atom is -0.462 e. The summed E-state index contributed by atoms with van der Waals surface area (Å²) in [4.78, 5) is 11.8. The normalized spacial score (nSPS) is 16.3. The third-order valence-electron chi connectivity index (χ3n) is 3.06. The first-order valence-electron chi connectivity index (χ1n) is 6.59. The van der Waals surface area contributed by atoms with Gasteiger partial charge in [0.1, 0.15) is 0 Å². The van der Waals surface area contributed by atoms with Crippen molar-refractivity contribution < 1.29 is 9.53 Å². The van der Waals surface area contributed by atoms with Crippen LogP contribution in [0.5, 0.6) is 0 Å². The monoisotopic (exact) mass is 248 g/mol. The molecule has 98 valence electrons. The topological polar surface area (TPSA) is 41.6 Å². The molecule has 1 heterocycles. The van der Waals surface area contributed by atoms with E-state index in [0.29, 0.717) is 12.2 Å². The molecular weight excluding hydrogens is 228 g/mol. The Balaban J connectivity index is 2.08. The number of anilines is 1. The zero-order valence-electron chi connectivity index (χ0n) is 10.8. The molecule has 1 N–H and O–H groups in total. The maximum Gasteiger partial charge on any atom is 0.340 e.